The van der Waals surface area contributed by atoms with Gasteiger partial charge in [0.25, 0.3) is 0 Å². The maximum absolute atomic E-state index is 13.3. The number of aromatic nitrogens is 3. The van der Waals surface area contributed by atoms with Gasteiger partial charge >= 0.3 is 0 Å². The minimum Gasteiger partial charge on any atom is -0.328 e. The number of carbonyl (C=O) groups is 1. The summed E-state index contributed by atoms with van der Waals surface area (Å²) >= 11 is 0. The number of hydrogen-bond donors (Lipinski definition) is 1. The monoisotopic (exact) mass is 412 g/mol. The fourth-order valence-corrected chi connectivity index (χ4v) is 4.76. The lowest BCUT2D eigenvalue weighted by molar-refractivity contribution is -0.118. The van der Waals surface area contributed by atoms with Gasteiger partial charge in [0.1, 0.15) is 6.04 Å². The molecule has 1 aromatic heterocycles. The fourth-order valence-electron chi connectivity index (χ4n) is 4.76. The molecule has 3 aromatic rings. The topological polar surface area (TPSA) is 59.8 Å². The van der Waals surface area contributed by atoms with Gasteiger partial charge in [-0.15, -0.1) is 5.10 Å². The maximum Gasteiger partial charge on any atom is 0.226 e. The molecule has 0 radical (unpaired) electrons. The summed E-state index contributed by atoms with van der Waals surface area (Å²) in [5, 5.41) is 8.36. The number of aryl methyl sites for hydroxylation is 3. The summed E-state index contributed by atoms with van der Waals surface area (Å²) in [5.41, 5.74) is 7.42. The molecule has 0 fully saturated rings. The number of rotatable bonds is 2. The van der Waals surface area contributed by atoms with Crippen molar-refractivity contribution in [3.8, 4) is 11.4 Å². The zero-order chi connectivity index (χ0) is 21.9. The van der Waals surface area contributed by atoms with Crippen LogP contribution in [0.4, 0.5) is 5.95 Å². The second kappa shape index (κ2) is 6.91. The van der Waals surface area contributed by atoms with Crippen molar-refractivity contribution in [3.05, 3.63) is 76.0 Å². The number of nitrogens with zero attached hydrogens (tertiary/aromatic N) is 3. The molecule has 0 saturated carbocycles. The van der Waals surface area contributed by atoms with Crippen molar-refractivity contribution >= 4 is 11.7 Å². The largest absolute Gasteiger partial charge is 0.328 e. The highest BCUT2D eigenvalue weighted by Gasteiger charge is 2.41. The van der Waals surface area contributed by atoms with E-state index in [1.54, 1.807) is 0 Å². The number of ketones is 1. The predicted octanol–water partition coefficient (Wildman–Crippen LogP) is 5.53. The third-order valence-electron chi connectivity index (χ3n) is 6.45. The standard InChI is InChI=1S/C26H28N4O/c1-15-7-6-8-18(11-15)23-22-20(13-26(4,5)14-21(22)31)27-25-28-24(29-30(23)25)19-10-9-16(2)17(3)12-19/h6-12,23H,13-14H2,1-5H3,(H,27,28,29). The molecule has 5 nitrogen and oxygen atoms in total. The van der Waals surface area contributed by atoms with Gasteiger partial charge in [-0.05, 0) is 55.4 Å². The highest BCUT2D eigenvalue weighted by molar-refractivity contribution is 6.00. The number of benzene rings is 2. The molecule has 2 aliphatic rings. The van der Waals surface area contributed by atoms with Crippen molar-refractivity contribution in [2.45, 2.75) is 53.5 Å². The van der Waals surface area contributed by atoms with Crippen molar-refractivity contribution in [3.63, 3.8) is 0 Å². The van der Waals surface area contributed by atoms with Gasteiger partial charge in [0.2, 0.25) is 5.95 Å². The van der Waals surface area contributed by atoms with Crippen molar-refractivity contribution in [1.82, 2.24) is 14.8 Å². The number of carbonyl (C=O) groups excluding carboxylic acids is 1. The molecule has 5 heteroatoms. The Balaban J connectivity index is 1.68. The lowest BCUT2D eigenvalue weighted by atomic mass is 9.73. The normalized spacial score (nSPS) is 19.6. The van der Waals surface area contributed by atoms with E-state index in [9.17, 15) is 4.79 Å². The van der Waals surface area contributed by atoms with Crippen LogP contribution < -0.4 is 5.32 Å². The van der Waals surface area contributed by atoms with Crippen LogP contribution in [-0.4, -0.2) is 20.5 Å². The smallest absolute Gasteiger partial charge is 0.226 e. The summed E-state index contributed by atoms with van der Waals surface area (Å²) in [7, 11) is 0. The first-order valence-corrected chi connectivity index (χ1v) is 10.9. The molecule has 1 aliphatic heterocycles. The Morgan fingerprint density at radius 1 is 1.03 bits per heavy atom. The third kappa shape index (κ3) is 3.38. The maximum atomic E-state index is 13.3. The number of allylic oxidation sites excluding steroid dienone is 2. The van der Waals surface area contributed by atoms with Crippen molar-refractivity contribution in [2.75, 3.05) is 5.32 Å². The minimum atomic E-state index is -0.262. The van der Waals surface area contributed by atoms with E-state index in [0.717, 1.165) is 34.4 Å². The summed E-state index contributed by atoms with van der Waals surface area (Å²) in [4.78, 5) is 18.2. The van der Waals surface area contributed by atoms with E-state index < -0.39 is 0 Å². The van der Waals surface area contributed by atoms with Gasteiger partial charge in [-0.2, -0.15) is 4.98 Å². The first kappa shape index (κ1) is 19.7. The van der Waals surface area contributed by atoms with Crippen LogP contribution in [0.3, 0.4) is 0 Å². The highest BCUT2D eigenvalue weighted by atomic mass is 16.1. The van der Waals surface area contributed by atoms with Gasteiger partial charge in [-0.3, -0.25) is 4.79 Å². The molecular weight excluding hydrogens is 384 g/mol. The van der Waals surface area contributed by atoms with Gasteiger partial charge in [-0.1, -0.05) is 55.8 Å². The molecule has 1 atom stereocenters. The lowest BCUT2D eigenvalue weighted by Crippen LogP contribution is -2.36. The van der Waals surface area contributed by atoms with E-state index in [0.29, 0.717) is 18.2 Å². The van der Waals surface area contributed by atoms with E-state index in [2.05, 4.69) is 76.3 Å². The van der Waals surface area contributed by atoms with Crippen LogP contribution in [0.25, 0.3) is 11.4 Å². The summed E-state index contributed by atoms with van der Waals surface area (Å²) < 4.78 is 1.90. The second-order valence-corrected chi connectivity index (χ2v) is 9.78. The highest BCUT2D eigenvalue weighted by Crippen LogP contribution is 2.45. The average molecular weight is 413 g/mol. The number of Topliss-reactive ketones (excluding diaryl/α,β-unsaturated/α-hetero) is 1. The summed E-state index contributed by atoms with van der Waals surface area (Å²) in [6, 6.07) is 14.4. The molecule has 0 bridgehead atoms. The molecule has 1 N–H and O–H groups in total. The van der Waals surface area contributed by atoms with Gasteiger partial charge in [0, 0.05) is 23.3 Å². The zero-order valence-electron chi connectivity index (χ0n) is 18.8. The number of nitrogens with one attached hydrogen (secondary N) is 1. The van der Waals surface area contributed by atoms with Crippen molar-refractivity contribution in [1.29, 1.82) is 0 Å². The molecule has 158 valence electrons. The van der Waals surface area contributed by atoms with Gasteiger partial charge in [-0.25, -0.2) is 4.68 Å². The number of hydrogen-bond acceptors (Lipinski definition) is 4. The SMILES string of the molecule is Cc1cccc(C2C3=C(CC(C)(C)CC3=O)Nc3nc(-c4ccc(C)c(C)c4)nn32)c1. The van der Waals surface area contributed by atoms with Crippen LogP contribution >= 0.6 is 0 Å². The average Bonchev–Trinajstić information content (AvgIpc) is 3.11. The Labute approximate surface area is 183 Å². The second-order valence-electron chi connectivity index (χ2n) is 9.78. The Hall–Kier alpha value is -3.21. The van der Waals surface area contributed by atoms with E-state index in [4.69, 9.17) is 10.1 Å². The van der Waals surface area contributed by atoms with E-state index in [1.807, 2.05) is 10.7 Å². The Morgan fingerprint density at radius 3 is 2.58 bits per heavy atom. The Kier molecular flexibility index (Phi) is 4.40. The van der Waals surface area contributed by atoms with Gasteiger partial charge < -0.3 is 5.32 Å². The Morgan fingerprint density at radius 2 is 1.84 bits per heavy atom. The summed E-state index contributed by atoms with van der Waals surface area (Å²) in [6.07, 6.45) is 1.37. The molecule has 0 saturated heterocycles. The third-order valence-corrected chi connectivity index (χ3v) is 6.45. The molecule has 31 heavy (non-hydrogen) atoms. The quantitative estimate of drug-likeness (QED) is 0.601. The summed E-state index contributed by atoms with van der Waals surface area (Å²) in [5.74, 6) is 1.57. The molecule has 1 aliphatic carbocycles. The van der Waals surface area contributed by atoms with Gasteiger partial charge in [0.05, 0.1) is 0 Å². The minimum absolute atomic E-state index is 0.0703. The lowest BCUT2D eigenvalue weighted by Gasteiger charge is -2.38. The molecule has 2 aromatic carbocycles. The molecule has 2 heterocycles. The summed E-state index contributed by atoms with van der Waals surface area (Å²) in [6.45, 7) is 10.6. The van der Waals surface area contributed by atoms with Crippen molar-refractivity contribution in [2.24, 2.45) is 5.41 Å². The first-order chi connectivity index (χ1) is 14.7. The molecule has 0 amide bonds. The molecular formula is C26H28N4O. The first-order valence-electron chi connectivity index (χ1n) is 10.9. The van der Waals surface area contributed by atoms with Crippen LogP contribution in [0, 0.1) is 26.2 Å². The number of anilines is 1. The van der Waals surface area contributed by atoms with E-state index >= 15 is 0 Å². The molecule has 5 rings (SSSR count). The Bertz CT molecular complexity index is 1250. The van der Waals surface area contributed by atoms with Crippen LogP contribution in [-0.2, 0) is 4.79 Å². The van der Waals surface area contributed by atoms with Crippen LogP contribution in [0.15, 0.2) is 53.7 Å². The van der Waals surface area contributed by atoms with Gasteiger partial charge in [0.15, 0.2) is 11.6 Å². The van der Waals surface area contributed by atoms with Crippen LogP contribution in [0.2, 0.25) is 0 Å². The van der Waals surface area contributed by atoms with Crippen LogP contribution in [0.5, 0.6) is 0 Å². The van der Waals surface area contributed by atoms with Crippen molar-refractivity contribution < 1.29 is 4.79 Å². The molecule has 0 spiro atoms. The van der Waals surface area contributed by atoms with E-state index in [1.165, 1.54) is 11.1 Å². The predicted molar refractivity (Wildman–Crippen MR) is 123 cm³/mol. The zero-order valence-corrected chi connectivity index (χ0v) is 18.8. The van der Waals surface area contributed by atoms with E-state index in [-0.39, 0.29) is 17.2 Å². The molecule has 1 unspecified atom stereocenters. The number of fused-ring (bicyclic) bond motifs is 1. The fraction of sp³-hybridized carbons (Fsp3) is 0.346. The van der Waals surface area contributed by atoms with Crippen LogP contribution in [0.1, 0.15) is 55.0 Å².